The van der Waals surface area contributed by atoms with Gasteiger partial charge in [0.2, 0.25) is 5.88 Å². The highest BCUT2D eigenvalue weighted by molar-refractivity contribution is 14.0. The number of carbonyl (C=O) groups excluding carboxylic acids is 1. The van der Waals surface area contributed by atoms with E-state index in [0.717, 1.165) is 23.6 Å². The number of nitrogens with one attached hydrogen (secondary N) is 1. The van der Waals surface area contributed by atoms with Crippen LogP contribution in [0, 0.1) is 0 Å². The maximum absolute atomic E-state index is 12.4. The van der Waals surface area contributed by atoms with Crippen molar-refractivity contribution in [2.24, 2.45) is 4.99 Å². The Kier molecular flexibility index (Phi) is 8.39. The summed E-state index contributed by atoms with van der Waals surface area (Å²) < 4.78 is 11.5. The molecule has 0 radical (unpaired) electrons. The molecule has 0 saturated carbocycles. The molecule has 1 fully saturated rings. The lowest BCUT2D eigenvalue weighted by Crippen LogP contribution is -2.57. The van der Waals surface area contributed by atoms with Crippen LogP contribution in [0.3, 0.4) is 0 Å². The summed E-state index contributed by atoms with van der Waals surface area (Å²) >= 11 is 0. The lowest BCUT2D eigenvalue weighted by Gasteiger charge is -2.39. The van der Waals surface area contributed by atoms with Crippen molar-refractivity contribution in [2.45, 2.75) is 45.6 Å². The molecule has 0 aliphatic carbocycles. The molecule has 8 nitrogen and oxygen atoms in total. The number of nitrogens with zero attached hydrogens (tertiary/aromatic N) is 4. The van der Waals surface area contributed by atoms with Gasteiger partial charge in [-0.1, -0.05) is 36.4 Å². The normalized spacial score (nSPS) is 17.5. The van der Waals surface area contributed by atoms with Crippen LogP contribution >= 0.6 is 24.0 Å². The molecular formula is C24H32IN5O3. The van der Waals surface area contributed by atoms with Crippen LogP contribution in [0.15, 0.2) is 53.7 Å². The van der Waals surface area contributed by atoms with Crippen molar-refractivity contribution in [3.8, 4) is 5.88 Å². The highest BCUT2D eigenvalue weighted by atomic mass is 127. The van der Waals surface area contributed by atoms with E-state index in [1.54, 1.807) is 11.1 Å². The molecule has 2 aromatic rings. The molecule has 1 aromatic carbocycles. The van der Waals surface area contributed by atoms with E-state index in [0.29, 0.717) is 38.7 Å². The van der Waals surface area contributed by atoms with Crippen LogP contribution in [0.4, 0.5) is 4.79 Å². The van der Waals surface area contributed by atoms with Crippen molar-refractivity contribution in [3.05, 3.63) is 59.8 Å². The summed E-state index contributed by atoms with van der Waals surface area (Å²) in [6, 6.07) is 14.1. The fraction of sp³-hybridized carbons (Fsp3) is 0.458. The molecule has 1 aromatic heterocycles. The van der Waals surface area contributed by atoms with E-state index >= 15 is 0 Å². The third-order valence-electron chi connectivity index (χ3n) is 5.36. The minimum Gasteiger partial charge on any atom is -0.473 e. The predicted octanol–water partition coefficient (Wildman–Crippen LogP) is 3.66. The first kappa shape index (κ1) is 25.1. The lowest BCUT2D eigenvalue weighted by molar-refractivity contribution is 0.0137. The number of halogens is 1. The summed E-state index contributed by atoms with van der Waals surface area (Å²) in [6.07, 6.45) is 1.48. The molecule has 0 bridgehead atoms. The van der Waals surface area contributed by atoms with Gasteiger partial charge < -0.3 is 24.6 Å². The van der Waals surface area contributed by atoms with Crippen LogP contribution in [0.1, 0.15) is 31.9 Å². The van der Waals surface area contributed by atoms with E-state index < -0.39 is 5.60 Å². The molecule has 33 heavy (non-hydrogen) atoms. The summed E-state index contributed by atoms with van der Waals surface area (Å²) in [4.78, 5) is 25.5. The largest absolute Gasteiger partial charge is 0.473 e. The summed E-state index contributed by atoms with van der Waals surface area (Å²) in [5, 5.41) is 3.44. The number of hydrogen-bond donors (Lipinski definition) is 1. The zero-order valence-electron chi connectivity index (χ0n) is 19.4. The quantitative estimate of drug-likeness (QED) is 0.558. The van der Waals surface area contributed by atoms with Crippen molar-refractivity contribution < 1.29 is 14.3 Å². The summed E-state index contributed by atoms with van der Waals surface area (Å²) in [6.45, 7) is 9.31. The third kappa shape index (κ3) is 6.72. The van der Waals surface area contributed by atoms with Gasteiger partial charge >= 0.3 is 6.09 Å². The van der Waals surface area contributed by atoms with Gasteiger partial charge in [-0.15, -0.1) is 24.0 Å². The monoisotopic (exact) mass is 565 g/mol. The third-order valence-corrected chi connectivity index (χ3v) is 5.36. The van der Waals surface area contributed by atoms with Gasteiger partial charge in [0.25, 0.3) is 0 Å². The van der Waals surface area contributed by atoms with E-state index in [4.69, 9.17) is 9.47 Å². The van der Waals surface area contributed by atoms with E-state index in [1.165, 1.54) is 0 Å². The summed E-state index contributed by atoms with van der Waals surface area (Å²) in [5.41, 5.74) is 1.59. The number of aromatic nitrogens is 1. The average molecular weight is 565 g/mol. The molecule has 1 saturated heterocycles. The Morgan fingerprint density at radius 1 is 1.15 bits per heavy atom. The highest BCUT2D eigenvalue weighted by Crippen LogP contribution is 2.20. The second-order valence-corrected chi connectivity index (χ2v) is 9.03. The highest BCUT2D eigenvalue weighted by Gasteiger charge is 2.36. The number of hydrogen-bond acceptors (Lipinski definition) is 7. The SMILES string of the molecule is CC(C)(C)OC(=O)N1CCN2C(NCc3cccnc3OCc3ccccc3)=NCC2C1.I. The number of aliphatic imine (C=N–C) groups is 1. The molecule has 178 valence electrons. The van der Waals surface area contributed by atoms with E-state index in [1.807, 2.05) is 63.2 Å². The first-order chi connectivity index (χ1) is 15.4. The minimum atomic E-state index is -0.489. The van der Waals surface area contributed by atoms with Crippen molar-refractivity contribution in [3.63, 3.8) is 0 Å². The van der Waals surface area contributed by atoms with Gasteiger partial charge in [-0.3, -0.25) is 4.99 Å². The number of benzene rings is 1. The summed E-state index contributed by atoms with van der Waals surface area (Å²) in [5.74, 6) is 1.48. The fourth-order valence-corrected chi connectivity index (χ4v) is 3.81. The number of guanidine groups is 1. The first-order valence-corrected chi connectivity index (χ1v) is 11.0. The van der Waals surface area contributed by atoms with Crippen molar-refractivity contribution in [1.82, 2.24) is 20.1 Å². The Bertz CT molecular complexity index is 964. The molecule has 4 rings (SSSR count). The zero-order valence-corrected chi connectivity index (χ0v) is 21.7. The first-order valence-electron chi connectivity index (χ1n) is 11.0. The van der Waals surface area contributed by atoms with Gasteiger partial charge in [0, 0.05) is 37.9 Å². The van der Waals surface area contributed by atoms with Crippen molar-refractivity contribution in [1.29, 1.82) is 0 Å². The van der Waals surface area contributed by atoms with Crippen LogP contribution in [0.25, 0.3) is 0 Å². The Balaban J connectivity index is 0.00000306. The zero-order chi connectivity index (χ0) is 22.6. The topological polar surface area (TPSA) is 79.3 Å². The molecule has 1 atom stereocenters. The van der Waals surface area contributed by atoms with Gasteiger partial charge in [0.15, 0.2) is 5.96 Å². The van der Waals surface area contributed by atoms with E-state index in [2.05, 4.69) is 20.2 Å². The number of pyridine rings is 1. The second kappa shape index (κ2) is 11.0. The number of piperazine rings is 1. The van der Waals surface area contributed by atoms with Crippen LogP contribution in [-0.4, -0.2) is 64.7 Å². The van der Waals surface area contributed by atoms with Crippen molar-refractivity contribution >= 4 is 36.0 Å². The fourth-order valence-electron chi connectivity index (χ4n) is 3.81. The number of ether oxygens (including phenoxy) is 2. The Morgan fingerprint density at radius 3 is 2.70 bits per heavy atom. The molecule has 3 heterocycles. The second-order valence-electron chi connectivity index (χ2n) is 9.03. The van der Waals surface area contributed by atoms with Crippen LogP contribution in [-0.2, 0) is 17.9 Å². The summed E-state index contributed by atoms with van der Waals surface area (Å²) in [7, 11) is 0. The van der Waals surface area contributed by atoms with Crippen LogP contribution < -0.4 is 10.1 Å². The van der Waals surface area contributed by atoms with Crippen LogP contribution in [0.2, 0.25) is 0 Å². The molecule has 9 heteroatoms. The molecular weight excluding hydrogens is 533 g/mol. The maximum Gasteiger partial charge on any atom is 0.410 e. The molecule has 2 aliphatic heterocycles. The van der Waals surface area contributed by atoms with Gasteiger partial charge in [-0.2, -0.15) is 0 Å². The van der Waals surface area contributed by atoms with E-state index in [9.17, 15) is 4.79 Å². The van der Waals surface area contributed by atoms with E-state index in [-0.39, 0.29) is 36.1 Å². The predicted molar refractivity (Wildman–Crippen MR) is 138 cm³/mol. The molecule has 1 unspecified atom stereocenters. The van der Waals surface area contributed by atoms with Crippen LogP contribution in [0.5, 0.6) is 5.88 Å². The molecule has 0 spiro atoms. The number of rotatable bonds is 5. The maximum atomic E-state index is 12.4. The molecule has 2 aliphatic rings. The molecule has 1 N–H and O–H groups in total. The Labute approximate surface area is 212 Å². The minimum absolute atomic E-state index is 0. The standard InChI is InChI=1S/C24H31N5O3.HI/c1-24(2,3)32-23(30)28-12-13-29-20(16-28)15-27-22(29)26-14-19-10-7-11-25-21(19)31-17-18-8-5-4-6-9-18;/h4-11,20H,12-17H2,1-3H3,(H,26,27);1H. The molecule has 1 amide bonds. The van der Waals surface area contributed by atoms with Crippen molar-refractivity contribution in [2.75, 3.05) is 26.2 Å². The Morgan fingerprint density at radius 2 is 1.94 bits per heavy atom. The number of amides is 1. The Hall–Kier alpha value is -2.56. The van der Waals surface area contributed by atoms with Gasteiger partial charge in [-0.05, 0) is 32.4 Å². The lowest BCUT2D eigenvalue weighted by atomic mass is 10.2. The smallest absolute Gasteiger partial charge is 0.410 e. The van der Waals surface area contributed by atoms with Gasteiger partial charge in [-0.25, -0.2) is 9.78 Å². The number of carbonyl (C=O) groups is 1. The van der Waals surface area contributed by atoms with Gasteiger partial charge in [0.05, 0.1) is 12.6 Å². The van der Waals surface area contributed by atoms with Gasteiger partial charge in [0.1, 0.15) is 12.2 Å². The number of fused-ring (bicyclic) bond motifs is 1. The average Bonchev–Trinajstić information content (AvgIpc) is 3.18.